The minimum absolute atomic E-state index is 0. The van der Waals surface area contributed by atoms with Crippen molar-refractivity contribution >= 4 is 18.3 Å². The van der Waals surface area contributed by atoms with Crippen molar-refractivity contribution in [3.05, 3.63) is 77.9 Å². The molecule has 0 unspecified atom stereocenters. The monoisotopic (exact) mass is 399 g/mol. The lowest BCUT2D eigenvalue weighted by molar-refractivity contribution is 0.0750. The van der Waals surface area contributed by atoms with Gasteiger partial charge in [0.1, 0.15) is 5.82 Å². The third-order valence-corrected chi connectivity index (χ3v) is 4.38. The van der Waals surface area contributed by atoms with Crippen LogP contribution in [0.2, 0.25) is 0 Å². The van der Waals surface area contributed by atoms with E-state index in [1.807, 2.05) is 55.5 Å². The van der Waals surface area contributed by atoms with Gasteiger partial charge in [0.05, 0.1) is 5.69 Å². The maximum Gasteiger partial charge on any atom is 0.293 e. The Balaban J connectivity index is 0.00000280. The Bertz CT molecular complexity index is 867. The fraction of sp³-hybridized carbons (Fsp3) is 0.286. The van der Waals surface area contributed by atoms with E-state index in [0.717, 1.165) is 17.9 Å². The van der Waals surface area contributed by atoms with Gasteiger partial charge >= 0.3 is 0 Å². The molecule has 0 spiro atoms. The van der Waals surface area contributed by atoms with Gasteiger partial charge in [0.15, 0.2) is 0 Å². The van der Waals surface area contributed by atoms with E-state index in [1.54, 1.807) is 9.58 Å². The molecule has 0 atom stereocenters. The molecule has 0 bridgehead atoms. The predicted molar refractivity (Wildman–Crippen MR) is 113 cm³/mol. The third kappa shape index (κ3) is 5.18. The van der Waals surface area contributed by atoms with E-state index in [2.05, 4.69) is 22.2 Å². The smallest absolute Gasteiger partial charge is 0.293 e. The second-order valence-electron chi connectivity index (χ2n) is 6.27. The summed E-state index contributed by atoms with van der Waals surface area (Å²) in [4.78, 5) is 19.2. The maximum absolute atomic E-state index is 13.0. The van der Waals surface area contributed by atoms with Gasteiger partial charge in [-0.3, -0.25) is 4.79 Å². The largest absolute Gasteiger partial charge is 0.334 e. The number of aromatic nitrogens is 3. The number of halogens is 1. The van der Waals surface area contributed by atoms with E-state index in [-0.39, 0.29) is 24.1 Å². The average molecular weight is 400 g/mol. The quantitative estimate of drug-likeness (QED) is 0.631. The van der Waals surface area contributed by atoms with Crippen molar-refractivity contribution in [2.75, 3.05) is 19.6 Å². The van der Waals surface area contributed by atoms with E-state index in [1.165, 1.54) is 5.56 Å². The lowest BCUT2D eigenvalue weighted by Crippen LogP contribution is -2.37. The van der Waals surface area contributed by atoms with Crippen LogP contribution in [0.25, 0.3) is 5.69 Å². The zero-order chi connectivity index (χ0) is 19.1. The molecule has 28 heavy (non-hydrogen) atoms. The van der Waals surface area contributed by atoms with Crippen molar-refractivity contribution in [2.24, 2.45) is 5.73 Å². The zero-order valence-corrected chi connectivity index (χ0v) is 16.8. The zero-order valence-electron chi connectivity index (χ0n) is 16.0. The lowest BCUT2D eigenvalue weighted by Gasteiger charge is -2.20. The van der Waals surface area contributed by atoms with Crippen molar-refractivity contribution in [3.63, 3.8) is 0 Å². The van der Waals surface area contributed by atoms with Crippen molar-refractivity contribution in [3.8, 4) is 5.69 Å². The number of hydrogen-bond acceptors (Lipinski definition) is 4. The van der Waals surface area contributed by atoms with Crippen LogP contribution in [0, 0.1) is 0 Å². The Labute approximate surface area is 171 Å². The summed E-state index contributed by atoms with van der Waals surface area (Å²) in [5.74, 6) is 0.804. The van der Waals surface area contributed by atoms with Crippen LogP contribution in [0.5, 0.6) is 0 Å². The molecule has 0 saturated carbocycles. The molecule has 3 aromatic rings. The third-order valence-electron chi connectivity index (χ3n) is 4.38. The Hall–Kier alpha value is -2.70. The second-order valence-corrected chi connectivity index (χ2v) is 6.27. The second kappa shape index (κ2) is 10.6. The van der Waals surface area contributed by atoms with Crippen molar-refractivity contribution in [1.29, 1.82) is 0 Å². The number of para-hydroxylation sites is 1. The lowest BCUT2D eigenvalue weighted by atomic mass is 10.1. The number of carbonyl (C=O) groups excluding carboxylic acids is 1. The molecule has 0 fully saturated rings. The molecular formula is C21H26ClN5O. The maximum atomic E-state index is 13.0. The van der Waals surface area contributed by atoms with E-state index in [9.17, 15) is 4.79 Å². The average Bonchev–Trinajstić information content (AvgIpc) is 3.16. The Kier molecular flexibility index (Phi) is 8.17. The molecule has 7 heteroatoms. The fourth-order valence-electron chi connectivity index (χ4n) is 2.96. The first-order chi connectivity index (χ1) is 13.2. The molecule has 1 amide bonds. The molecule has 0 aliphatic heterocycles. The van der Waals surface area contributed by atoms with Crippen LogP contribution in [-0.4, -0.2) is 45.2 Å². The van der Waals surface area contributed by atoms with Gasteiger partial charge in [-0.2, -0.15) is 0 Å². The summed E-state index contributed by atoms with van der Waals surface area (Å²) in [6.45, 7) is 3.47. The first kappa shape index (κ1) is 21.6. The SMILES string of the molecule is CCc1nc(C(=O)N(CCN)CCc2ccccc2)nn1-c1ccccc1.Cl. The number of nitrogens with zero attached hydrogens (tertiary/aromatic N) is 4. The van der Waals surface area contributed by atoms with Crippen LogP contribution in [0.3, 0.4) is 0 Å². The van der Waals surface area contributed by atoms with Crippen molar-refractivity contribution in [2.45, 2.75) is 19.8 Å². The number of benzene rings is 2. The summed E-state index contributed by atoms with van der Waals surface area (Å²) in [5.41, 5.74) is 7.81. The molecule has 6 nitrogen and oxygen atoms in total. The minimum Gasteiger partial charge on any atom is -0.334 e. The van der Waals surface area contributed by atoms with Crippen LogP contribution in [0.4, 0.5) is 0 Å². The summed E-state index contributed by atoms with van der Waals surface area (Å²) in [7, 11) is 0. The Morgan fingerprint density at radius 2 is 1.68 bits per heavy atom. The molecule has 2 aromatic carbocycles. The van der Waals surface area contributed by atoms with Crippen LogP contribution >= 0.6 is 12.4 Å². The van der Waals surface area contributed by atoms with Gasteiger partial charge < -0.3 is 10.6 Å². The molecule has 1 aromatic heterocycles. The van der Waals surface area contributed by atoms with Gasteiger partial charge in [-0.1, -0.05) is 55.5 Å². The van der Waals surface area contributed by atoms with Crippen LogP contribution in [0.1, 0.15) is 28.9 Å². The summed E-state index contributed by atoms with van der Waals surface area (Å²) in [6, 6.07) is 19.8. The number of aryl methyl sites for hydroxylation is 1. The minimum atomic E-state index is -0.180. The van der Waals surface area contributed by atoms with Crippen molar-refractivity contribution in [1.82, 2.24) is 19.7 Å². The van der Waals surface area contributed by atoms with Gasteiger partial charge in [-0.05, 0) is 24.1 Å². The topological polar surface area (TPSA) is 77.0 Å². The van der Waals surface area contributed by atoms with E-state index < -0.39 is 0 Å². The standard InChI is InChI=1S/C21H25N5O.ClH/c1-2-19-23-20(24-26(19)18-11-7-4-8-12-18)21(27)25(16-14-22)15-13-17-9-5-3-6-10-17;/h3-12H,2,13-16,22H2,1H3;1H. The van der Waals surface area contributed by atoms with Gasteiger partial charge in [-0.15, -0.1) is 17.5 Å². The van der Waals surface area contributed by atoms with Gasteiger partial charge in [0.25, 0.3) is 5.91 Å². The van der Waals surface area contributed by atoms with Gasteiger partial charge in [-0.25, -0.2) is 9.67 Å². The van der Waals surface area contributed by atoms with Gasteiger partial charge in [0.2, 0.25) is 5.82 Å². The molecule has 0 saturated heterocycles. The fourth-order valence-corrected chi connectivity index (χ4v) is 2.96. The molecule has 0 aliphatic carbocycles. The first-order valence-corrected chi connectivity index (χ1v) is 9.27. The highest BCUT2D eigenvalue weighted by molar-refractivity contribution is 5.90. The van der Waals surface area contributed by atoms with Crippen LogP contribution < -0.4 is 5.73 Å². The summed E-state index contributed by atoms with van der Waals surface area (Å²) >= 11 is 0. The molecule has 1 heterocycles. The molecule has 148 valence electrons. The number of carbonyl (C=O) groups is 1. The van der Waals surface area contributed by atoms with Crippen molar-refractivity contribution < 1.29 is 4.79 Å². The normalized spacial score (nSPS) is 10.4. The molecule has 3 rings (SSSR count). The van der Waals surface area contributed by atoms with Crippen LogP contribution in [0.15, 0.2) is 60.7 Å². The molecule has 0 radical (unpaired) electrons. The van der Waals surface area contributed by atoms with Gasteiger partial charge in [0, 0.05) is 26.1 Å². The van der Waals surface area contributed by atoms with Crippen LogP contribution in [-0.2, 0) is 12.8 Å². The molecule has 2 N–H and O–H groups in total. The predicted octanol–water partition coefficient (Wildman–Crippen LogP) is 2.90. The Morgan fingerprint density at radius 3 is 2.29 bits per heavy atom. The number of amides is 1. The number of hydrogen-bond donors (Lipinski definition) is 1. The van der Waals surface area contributed by atoms with E-state index in [4.69, 9.17) is 5.73 Å². The highest BCUT2D eigenvalue weighted by atomic mass is 35.5. The van der Waals surface area contributed by atoms with E-state index >= 15 is 0 Å². The first-order valence-electron chi connectivity index (χ1n) is 9.27. The number of rotatable bonds is 8. The molecule has 0 aliphatic rings. The Morgan fingerprint density at radius 1 is 1.04 bits per heavy atom. The number of nitrogens with two attached hydrogens (primary N) is 1. The summed E-state index contributed by atoms with van der Waals surface area (Å²) < 4.78 is 1.74. The highest BCUT2D eigenvalue weighted by Gasteiger charge is 2.22. The summed E-state index contributed by atoms with van der Waals surface area (Å²) in [6.07, 6.45) is 1.46. The highest BCUT2D eigenvalue weighted by Crippen LogP contribution is 2.12. The molecular weight excluding hydrogens is 374 g/mol. The van der Waals surface area contributed by atoms with E-state index in [0.29, 0.717) is 26.1 Å². The summed E-state index contributed by atoms with van der Waals surface area (Å²) in [5, 5.41) is 4.48.